The van der Waals surface area contributed by atoms with Gasteiger partial charge in [0.05, 0.1) is 0 Å². The van der Waals surface area contributed by atoms with Crippen molar-refractivity contribution < 1.29 is 4.79 Å². The Kier molecular flexibility index (Phi) is 2.42. The standard InChI is InChI=1S/C11H15N3OS/c1-2-13-4-3-10(12-13)11(15)14-6-9-5-8(14)7-16-9/h3-4,8-9H,2,5-7H2,1H3. The molecule has 0 aromatic carbocycles. The zero-order chi connectivity index (χ0) is 11.1. The van der Waals surface area contributed by atoms with Crippen molar-refractivity contribution >= 4 is 17.7 Å². The predicted octanol–water partition coefficient (Wildman–Crippen LogP) is 1.23. The minimum absolute atomic E-state index is 0.111. The fourth-order valence-electron chi connectivity index (χ4n) is 2.45. The van der Waals surface area contributed by atoms with Crippen LogP contribution in [-0.2, 0) is 6.54 Å². The molecule has 2 aliphatic heterocycles. The number of carbonyl (C=O) groups excluding carboxylic acids is 1. The zero-order valence-electron chi connectivity index (χ0n) is 9.30. The van der Waals surface area contributed by atoms with Crippen molar-refractivity contribution in [1.82, 2.24) is 14.7 Å². The first-order valence-corrected chi connectivity index (χ1v) is 6.79. The first-order valence-electron chi connectivity index (χ1n) is 5.74. The number of fused-ring (bicyclic) bond motifs is 2. The molecule has 2 fully saturated rings. The highest BCUT2D eigenvalue weighted by Crippen LogP contribution is 2.37. The van der Waals surface area contributed by atoms with Crippen molar-refractivity contribution in [2.24, 2.45) is 0 Å². The van der Waals surface area contributed by atoms with Crippen LogP contribution in [0.1, 0.15) is 23.8 Å². The summed E-state index contributed by atoms with van der Waals surface area (Å²) in [7, 11) is 0. The highest BCUT2D eigenvalue weighted by Gasteiger charge is 2.41. The van der Waals surface area contributed by atoms with Crippen molar-refractivity contribution in [3.8, 4) is 0 Å². The van der Waals surface area contributed by atoms with Crippen molar-refractivity contribution in [3.63, 3.8) is 0 Å². The van der Waals surface area contributed by atoms with Crippen LogP contribution in [0.15, 0.2) is 12.3 Å². The van der Waals surface area contributed by atoms with Crippen LogP contribution in [0.4, 0.5) is 0 Å². The van der Waals surface area contributed by atoms with Gasteiger partial charge in [-0.05, 0) is 19.4 Å². The van der Waals surface area contributed by atoms with Gasteiger partial charge in [-0.1, -0.05) is 0 Å². The number of thioether (sulfide) groups is 1. The Bertz CT molecular complexity index is 417. The van der Waals surface area contributed by atoms with Gasteiger partial charge in [-0.25, -0.2) is 0 Å². The average molecular weight is 237 g/mol. The van der Waals surface area contributed by atoms with Crippen LogP contribution in [0, 0.1) is 0 Å². The lowest BCUT2D eigenvalue weighted by Gasteiger charge is -2.25. The van der Waals surface area contributed by atoms with E-state index in [1.54, 1.807) is 4.68 Å². The Morgan fingerprint density at radius 1 is 1.69 bits per heavy atom. The topological polar surface area (TPSA) is 38.1 Å². The first-order chi connectivity index (χ1) is 7.78. The van der Waals surface area contributed by atoms with Crippen LogP contribution in [0.3, 0.4) is 0 Å². The minimum atomic E-state index is 0.111. The van der Waals surface area contributed by atoms with Crippen molar-refractivity contribution in [2.45, 2.75) is 31.2 Å². The molecule has 0 radical (unpaired) electrons. The van der Waals surface area contributed by atoms with E-state index in [1.165, 1.54) is 6.42 Å². The SMILES string of the molecule is CCn1ccc(C(=O)N2CC3CC2CS3)n1. The molecule has 2 saturated heterocycles. The highest BCUT2D eigenvalue weighted by atomic mass is 32.2. The summed E-state index contributed by atoms with van der Waals surface area (Å²) < 4.78 is 1.80. The van der Waals surface area contributed by atoms with Crippen LogP contribution in [0.5, 0.6) is 0 Å². The molecule has 16 heavy (non-hydrogen) atoms. The second-order valence-electron chi connectivity index (χ2n) is 4.36. The number of hydrogen-bond acceptors (Lipinski definition) is 3. The molecule has 2 atom stereocenters. The average Bonchev–Trinajstić information content (AvgIpc) is 3.03. The molecule has 86 valence electrons. The van der Waals surface area contributed by atoms with Crippen LogP contribution < -0.4 is 0 Å². The van der Waals surface area contributed by atoms with E-state index in [-0.39, 0.29) is 5.91 Å². The molecule has 2 bridgehead atoms. The van der Waals surface area contributed by atoms with E-state index in [2.05, 4.69) is 5.10 Å². The summed E-state index contributed by atoms with van der Waals surface area (Å²) in [5.74, 6) is 1.21. The number of aryl methyl sites for hydroxylation is 1. The van der Waals surface area contributed by atoms with E-state index < -0.39 is 0 Å². The number of amides is 1. The minimum Gasteiger partial charge on any atom is -0.332 e. The lowest BCUT2D eigenvalue weighted by molar-refractivity contribution is 0.0740. The van der Waals surface area contributed by atoms with Gasteiger partial charge in [0, 0.05) is 36.3 Å². The maximum atomic E-state index is 12.2. The molecular weight excluding hydrogens is 222 g/mol. The van der Waals surface area contributed by atoms with Gasteiger partial charge in [0.15, 0.2) is 0 Å². The van der Waals surface area contributed by atoms with Gasteiger partial charge in [-0.15, -0.1) is 0 Å². The fraction of sp³-hybridized carbons (Fsp3) is 0.636. The quantitative estimate of drug-likeness (QED) is 0.776. The number of aromatic nitrogens is 2. The molecule has 1 aromatic rings. The van der Waals surface area contributed by atoms with E-state index in [0.29, 0.717) is 17.0 Å². The van der Waals surface area contributed by atoms with Crippen molar-refractivity contribution in [1.29, 1.82) is 0 Å². The van der Waals surface area contributed by atoms with Gasteiger partial charge < -0.3 is 4.90 Å². The summed E-state index contributed by atoms with van der Waals surface area (Å²) in [6.07, 6.45) is 3.04. The third kappa shape index (κ3) is 1.54. The maximum Gasteiger partial charge on any atom is 0.274 e. The number of hydrogen-bond donors (Lipinski definition) is 0. The molecule has 1 aromatic heterocycles. The Morgan fingerprint density at radius 3 is 3.12 bits per heavy atom. The summed E-state index contributed by atoms with van der Waals surface area (Å²) in [6, 6.07) is 2.28. The van der Waals surface area contributed by atoms with Crippen LogP contribution in [0.25, 0.3) is 0 Å². The van der Waals surface area contributed by atoms with Crippen LogP contribution in [0.2, 0.25) is 0 Å². The molecule has 0 N–H and O–H groups in total. The van der Waals surface area contributed by atoms with E-state index in [9.17, 15) is 4.79 Å². The molecule has 1 amide bonds. The molecule has 5 heteroatoms. The van der Waals surface area contributed by atoms with Gasteiger partial charge in [0.1, 0.15) is 5.69 Å². The number of carbonyl (C=O) groups is 1. The van der Waals surface area contributed by atoms with Gasteiger partial charge in [0.2, 0.25) is 0 Å². The number of rotatable bonds is 2. The van der Waals surface area contributed by atoms with Crippen molar-refractivity contribution in [2.75, 3.05) is 12.3 Å². The molecule has 2 unspecified atom stereocenters. The van der Waals surface area contributed by atoms with E-state index >= 15 is 0 Å². The van der Waals surface area contributed by atoms with Crippen LogP contribution in [-0.4, -0.2) is 44.2 Å². The van der Waals surface area contributed by atoms with Gasteiger partial charge in [-0.3, -0.25) is 9.48 Å². The highest BCUT2D eigenvalue weighted by molar-refractivity contribution is 8.00. The largest absolute Gasteiger partial charge is 0.332 e. The summed E-state index contributed by atoms with van der Waals surface area (Å²) in [5, 5.41) is 4.94. The second kappa shape index (κ2) is 3.80. The predicted molar refractivity (Wildman–Crippen MR) is 63.6 cm³/mol. The zero-order valence-corrected chi connectivity index (χ0v) is 10.1. The Labute approximate surface area is 99.0 Å². The molecule has 4 nitrogen and oxygen atoms in total. The summed E-state index contributed by atoms with van der Waals surface area (Å²) >= 11 is 2.00. The fourth-order valence-corrected chi connectivity index (χ4v) is 3.88. The lowest BCUT2D eigenvalue weighted by atomic mass is 10.2. The normalized spacial score (nSPS) is 27.7. The maximum absolute atomic E-state index is 12.2. The molecule has 0 saturated carbocycles. The Balaban J connectivity index is 1.77. The lowest BCUT2D eigenvalue weighted by Crippen LogP contribution is -2.39. The van der Waals surface area contributed by atoms with Gasteiger partial charge >= 0.3 is 0 Å². The molecule has 3 heterocycles. The first kappa shape index (κ1) is 10.2. The Hall–Kier alpha value is -0.970. The smallest absolute Gasteiger partial charge is 0.274 e. The molecule has 2 aliphatic rings. The third-order valence-corrected chi connectivity index (χ3v) is 4.74. The third-order valence-electron chi connectivity index (χ3n) is 3.35. The number of nitrogens with zero attached hydrogens (tertiary/aromatic N) is 3. The summed E-state index contributed by atoms with van der Waals surface area (Å²) in [6.45, 7) is 3.75. The van der Waals surface area contributed by atoms with E-state index in [1.807, 2.05) is 35.8 Å². The molecule has 3 rings (SSSR count). The number of likely N-dealkylation sites (tertiary alicyclic amines) is 1. The van der Waals surface area contributed by atoms with Gasteiger partial charge in [0.25, 0.3) is 5.91 Å². The van der Waals surface area contributed by atoms with E-state index in [4.69, 9.17) is 0 Å². The summed E-state index contributed by atoms with van der Waals surface area (Å²) in [5.41, 5.74) is 0.597. The second-order valence-corrected chi connectivity index (χ2v) is 5.69. The molecule has 0 aliphatic carbocycles. The Morgan fingerprint density at radius 2 is 2.56 bits per heavy atom. The summed E-state index contributed by atoms with van der Waals surface area (Å²) in [4.78, 5) is 14.2. The monoisotopic (exact) mass is 237 g/mol. The van der Waals surface area contributed by atoms with Gasteiger partial charge in [-0.2, -0.15) is 16.9 Å². The molecular formula is C11H15N3OS. The van der Waals surface area contributed by atoms with Crippen LogP contribution >= 0.6 is 11.8 Å². The molecule has 0 spiro atoms. The van der Waals surface area contributed by atoms with E-state index in [0.717, 1.165) is 18.8 Å². The van der Waals surface area contributed by atoms with Crippen molar-refractivity contribution in [3.05, 3.63) is 18.0 Å².